The Bertz CT molecular complexity index is 1330. The summed E-state index contributed by atoms with van der Waals surface area (Å²) in [5, 5.41) is 12.1. The Kier molecular flexibility index (Phi) is 9.19. The van der Waals surface area contributed by atoms with Crippen LogP contribution in [0.2, 0.25) is 5.02 Å². The van der Waals surface area contributed by atoms with Gasteiger partial charge in [-0.3, -0.25) is 10.1 Å². The van der Waals surface area contributed by atoms with Gasteiger partial charge in [0.2, 0.25) is 15.0 Å². The van der Waals surface area contributed by atoms with E-state index in [1.165, 1.54) is 13.0 Å². The molecule has 9 nitrogen and oxygen atoms in total. The van der Waals surface area contributed by atoms with Crippen LogP contribution < -0.4 is 14.8 Å². The molecule has 1 heterocycles. The number of anilines is 1. The van der Waals surface area contributed by atoms with Crippen molar-refractivity contribution in [1.82, 2.24) is 9.36 Å². The number of amides is 1. The number of hydrogen-bond donors (Lipinski definition) is 1. The molecule has 0 bridgehead atoms. The van der Waals surface area contributed by atoms with E-state index in [9.17, 15) is 18.5 Å². The Morgan fingerprint density at radius 1 is 1.11 bits per heavy atom. The number of rotatable bonds is 11. The van der Waals surface area contributed by atoms with E-state index in [0.717, 1.165) is 17.3 Å². The molecular weight excluding hydrogens is 512 g/mol. The van der Waals surface area contributed by atoms with Crippen molar-refractivity contribution in [1.29, 1.82) is 5.26 Å². The molecule has 182 valence electrons. The zero-order valence-corrected chi connectivity index (χ0v) is 21.0. The fraction of sp³-hybridized carbons (Fsp3) is 0.217. The third-order valence-corrected chi connectivity index (χ3v) is 6.98. The highest BCUT2D eigenvalue weighted by Crippen LogP contribution is 2.19. The van der Waals surface area contributed by atoms with E-state index < -0.39 is 15.7 Å². The lowest BCUT2D eigenvalue weighted by Gasteiger charge is -2.08. The highest BCUT2D eigenvalue weighted by Gasteiger charge is 2.20. The molecule has 1 amide bonds. The molecule has 0 unspecified atom stereocenters. The topological polar surface area (TPSA) is 131 Å². The number of carbonyl (C=O) groups is 1. The van der Waals surface area contributed by atoms with Gasteiger partial charge in [-0.15, -0.1) is 0 Å². The summed E-state index contributed by atoms with van der Waals surface area (Å²) in [7, 11) is -3.58. The summed E-state index contributed by atoms with van der Waals surface area (Å²) in [5.41, 5.74) is 0.440. The van der Waals surface area contributed by atoms with Gasteiger partial charge in [-0.1, -0.05) is 30.7 Å². The Labute approximate surface area is 212 Å². The lowest BCUT2D eigenvalue weighted by atomic mass is 10.1. The van der Waals surface area contributed by atoms with Gasteiger partial charge < -0.3 is 9.47 Å². The Morgan fingerprint density at radius 2 is 1.71 bits per heavy atom. The second kappa shape index (κ2) is 12.3. The standard InChI is InChI=1S/C23H21ClN4O5S2/c1-2-35(30,31)23-27-22(34-28-23)26-21(29)17(15-25)14-16-4-8-19(9-5-16)32-12-3-13-33-20-10-6-18(24)7-11-20/h4-11,14H,2-3,12-13H2,1H3,(H,26,27,28,29)/b17-14-. The summed E-state index contributed by atoms with van der Waals surface area (Å²) in [6, 6.07) is 15.8. The summed E-state index contributed by atoms with van der Waals surface area (Å²) in [4.78, 5) is 16.2. The normalized spacial score (nSPS) is 11.5. The van der Waals surface area contributed by atoms with Crippen LogP contribution in [0, 0.1) is 11.3 Å². The first kappa shape index (κ1) is 26.2. The molecule has 3 rings (SSSR count). The molecule has 1 aromatic heterocycles. The molecule has 0 spiro atoms. The van der Waals surface area contributed by atoms with Crippen molar-refractivity contribution in [3.63, 3.8) is 0 Å². The van der Waals surface area contributed by atoms with E-state index in [1.807, 2.05) is 6.07 Å². The molecule has 0 radical (unpaired) electrons. The molecule has 1 N–H and O–H groups in total. The van der Waals surface area contributed by atoms with Gasteiger partial charge in [-0.2, -0.15) is 14.6 Å². The minimum absolute atomic E-state index is 0.00744. The first-order chi connectivity index (χ1) is 16.8. The minimum Gasteiger partial charge on any atom is -0.493 e. The monoisotopic (exact) mass is 532 g/mol. The second-order valence-electron chi connectivity index (χ2n) is 6.98. The second-order valence-corrected chi connectivity index (χ2v) is 10.3. The number of carbonyl (C=O) groups excluding carboxylic acids is 1. The van der Waals surface area contributed by atoms with Gasteiger partial charge in [0.25, 0.3) is 11.1 Å². The summed E-state index contributed by atoms with van der Waals surface area (Å²) in [5.74, 6) is 0.498. The van der Waals surface area contributed by atoms with Crippen LogP contribution in [0.15, 0.2) is 59.3 Å². The molecule has 0 saturated carbocycles. The Hall–Kier alpha value is -3.46. The molecule has 0 aliphatic rings. The van der Waals surface area contributed by atoms with Crippen molar-refractivity contribution in [2.75, 3.05) is 24.3 Å². The molecule has 2 aromatic carbocycles. The third kappa shape index (κ3) is 7.78. The zero-order chi connectivity index (χ0) is 25.3. The van der Waals surface area contributed by atoms with E-state index in [0.29, 0.717) is 36.0 Å². The number of nitriles is 1. The first-order valence-corrected chi connectivity index (χ1v) is 13.2. The van der Waals surface area contributed by atoms with E-state index in [4.69, 9.17) is 21.1 Å². The lowest BCUT2D eigenvalue weighted by molar-refractivity contribution is -0.112. The smallest absolute Gasteiger partial charge is 0.268 e. The number of nitrogens with one attached hydrogen (secondary N) is 1. The van der Waals surface area contributed by atoms with E-state index >= 15 is 0 Å². The molecule has 0 atom stereocenters. The van der Waals surface area contributed by atoms with Crippen LogP contribution >= 0.6 is 23.1 Å². The van der Waals surface area contributed by atoms with Gasteiger partial charge in [0, 0.05) is 23.0 Å². The SMILES string of the molecule is CCS(=O)(=O)c1nsc(NC(=O)/C(C#N)=C\c2ccc(OCCCOc3ccc(Cl)cc3)cc2)n1. The van der Waals surface area contributed by atoms with Crippen LogP contribution in [0.1, 0.15) is 18.9 Å². The number of nitrogens with zero attached hydrogens (tertiary/aromatic N) is 3. The predicted octanol–water partition coefficient (Wildman–Crippen LogP) is 4.38. The van der Waals surface area contributed by atoms with Crippen LogP contribution in [0.25, 0.3) is 6.08 Å². The molecule has 0 aliphatic carbocycles. The van der Waals surface area contributed by atoms with E-state index in [-0.39, 0.29) is 21.6 Å². The van der Waals surface area contributed by atoms with Crippen molar-refractivity contribution in [2.24, 2.45) is 0 Å². The molecular formula is C23H21ClN4O5S2. The number of aromatic nitrogens is 2. The average molecular weight is 533 g/mol. The largest absolute Gasteiger partial charge is 0.493 e. The highest BCUT2D eigenvalue weighted by molar-refractivity contribution is 7.91. The number of sulfone groups is 1. The molecule has 12 heteroatoms. The molecule has 3 aromatic rings. The zero-order valence-electron chi connectivity index (χ0n) is 18.6. The summed E-state index contributed by atoms with van der Waals surface area (Å²) in [6.07, 6.45) is 2.08. The number of ether oxygens (including phenoxy) is 2. The van der Waals surface area contributed by atoms with Gasteiger partial charge in [-0.25, -0.2) is 8.42 Å². The summed E-state index contributed by atoms with van der Waals surface area (Å²) in [6.45, 7) is 2.41. The number of hydrogen-bond acceptors (Lipinski definition) is 9. The maximum Gasteiger partial charge on any atom is 0.268 e. The van der Waals surface area contributed by atoms with Gasteiger partial charge in [0.05, 0.1) is 19.0 Å². The minimum atomic E-state index is -3.58. The molecule has 35 heavy (non-hydrogen) atoms. The molecule has 0 fully saturated rings. The van der Waals surface area contributed by atoms with Crippen molar-refractivity contribution in [3.8, 4) is 17.6 Å². The third-order valence-electron chi connectivity index (χ3n) is 4.48. The molecule has 0 aliphatic heterocycles. The maximum absolute atomic E-state index is 12.4. The van der Waals surface area contributed by atoms with Gasteiger partial charge in [0.15, 0.2) is 0 Å². The fourth-order valence-electron chi connectivity index (χ4n) is 2.63. The van der Waals surface area contributed by atoms with Gasteiger partial charge in [-0.05, 0) is 48.0 Å². The van der Waals surface area contributed by atoms with Crippen LogP contribution in [0.5, 0.6) is 11.5 Å². The Balaban J connectivity index is 1.50. The van der Waals surface area contributed by atoms with Crippen LogP contribution in [0.3, 0.4) is 0 Å². The van der Waals surface area contributed by atoms with Crippen LogP contribution in [-0.2, 0) is 14.6 Å². The number of benzene rings is 2. The first-order valence-electron chi connectivity index (χ1n) is 10.4. The Morgan fingerprint density at radius 3 is 2.29 bits per heavy atom. The van der Waals surface area contributed by atoms with Crippen molar-refractivity contribution < 1.29 is 22.7 Å². The van der Waals surface area contributed by atoms with Crippen LogP contribution in [0.4, 0.5) is 5.13 Å². The van der Waals surface area contributed by atoms with E-state index in [2.05, 4.69) is 14.7 Å². The van der Waals surface area contributed by atoms with Crippen molar-refractivity contribution in [3.05, 3.63) is 64.7 Å². The van der Waals surface area contributed by atoms with E-state index in [1.54, 1.807) is 48.5 Å². The summed E-state index contributed by atoms with van der Waals surface area (Å²) >= 11 is 6.57. The van der Waals surface area contributed by atoms with Gasteiger partial charge >= 0.3 is 0 Å². The highest BCUT2D eigenvalue weighted by atomic mass is 35.5. The predicted molar refractivity (Wildman–Crippen MR) is 133 cm³/mol. The summed E-state index contributed by atoms with van der Waals surface area (Å²) < 4.78 is 38.7. The average Bonchev–Trinajstić information content (AvgIpc) is 3.33. The quantitative estimate of drug-likeness (QED) is 0.218. The van der Waals surface area contributed by atoms with Crippen molar-refractivity contribution >= 4 is 50.1 Å². The molecule has 0 saturated heterocycles. The van der Waals surface area contributed by atoms with Crippen LogP contribution in [-0.4, -0.2) is 42.6 Å². The maximum atomic E-state index is 12.4. The number of halogens is 1. The lowest BCUT2D eigenvalue weighted by Crippen LogP contribution is -2.13. The van der Waals surface area contributed by atoms with Gasteiger partial charge in [0.1, 0.15) is 23.1 Å². The van der Waals surface area contributed by atoms with Crippen molar-refractivity contribution in [2.45, 2.75) is 18.5 Å². The fourth-order valence-corrected chi connectivity index (χ4v) is 4.34.